The van der Waals surface area contributed by atoms with Crippen molar-refractivity contribution in [1.82, 2.24) is 20.2 Å². The zero-order chi connectivity index (χ0) is 16.5. The van der Waals surface area contributed by atoms with E-state index in [4.69, 9.17) is 11.6 Å². The van der Waals surface area contributed by atoms with Gasteiger partial charge >= 0.3 is 0 Å². The van der Waals surface area contributed by atoms with Crippen molar-refractivity contribution in [1.29, 1.82) is 0 Å². The number of hydrogen-bond acceptors (Lipinski definition) is 4. The summed E-state index contributed by atoms with van der Waals surface area (Å²) in [6.45, 7) is 0. The van der Waals surface area contributed by atoms with Gasteiger partial charge in [0.1, 0.15) is 0 Å². The molecule has 2 unspecified atom stereocenters. The van der Waals surface area contributed by atoms with Gasteiger partial charge in [0.25, 0.3) is 0 Å². The number of amides is 1. The van der Waals surface area contributed by atoms with Crippen molar-refractivity contribution in [3.05, 3.63) is 59.4 Å². The predicted octanol–water partition coefficient (Wildman–Crippen LogP) is 3.26. The molecule has 0 spiro atoms. The highest BCUT2D eigenvalue weighted by Gasteiger charge is 2.44. The molecule has 7 heteroatoms. The number of nitrogens with zero attached hydrogens (tertiary/aromatic N) is 3. The summed E-state index contributed by atoms with van der Waals surface area (Å²) in [5.74, 6) is 0.937. The molecule has 0 saturated heterocycles. The second kappa shape index (κ2) is 6.05. The Morgan fingerprint density at radius 3 is 3.00 bits per heavy atom. The number of pyridine rings is 1. The summed E-state index contributed by atoms with van der Waals surface area (Å²) in [4.78, 5) is 20.7. The SMILES string of the molecule is O=C(Nc1n[nH]c(-c2cccc(Cl)c2)n1)C1CC1c1cccnc1. The van der Waals surface area contributed by atoms with Gasteiger partial charge in [0.05, 0.1) is 0 Å². The van der Waals surface area contributed by atoms with Crippen LogP contribution in [0.25, 0.3) is 11.4 Å². The van der Waals surface area contributed by atoms with Crippen LogP contribution in [0, 0.1) is 5.92 Å². The molecule has 2 atom stereocenters. The van der Waals surface area contributed by atoms with Gasteiger partial charge in [-0.1, -0.05) is 29.8 Å². The van der Waals surface area contributed by atoms with Crippen LogP contribution in [-0.4, -0.2) is 26.1 Å². The lowest BCUT2D eigenvalue weighted by molar-refractivity contribution is -0.117. The van der Waals surface area contributed by atoms with Crippen LogP contribution in [0.1, 0.15) is 17.9 Å². The fourth-order valence-electron chi connectivity index (χ4n) is 2.73. The van der Waals surface area contributed by atoms with Crippen molar-refractivity contribution >= 4 is 23.5 Å². The molecule has 1 saturated carbocycles. The molecule has 1 amide bonds. The van der Waals surface area contributed by atoms with Crippen LogP contribution in [-0.2, 0) is 4.79 Å². The third-order valence-corrected chi connectivity index (χ3v) is 4.29. The number of halogens is 1. The molecule has 1 aromatic carbocycles. The standard InChI is InChI=1S/C17H14ClN5O/c18-12-5-1-3-10(7-12)15-20-17(23-22-15)21-16(24)14-8-13(14)11-4-2-6-19-9-11/h1-7,9,13-14H,8H2,(H2,20,21,22,23,24). The van der Waals surface area contributed by atoms with Crippen molar-refractivity contribution < 1.29 is 4.79 Å². The summed E-state index contributed by atoms with van der Waals surface area (Å²) in [5.41, 5.74) is 1.91. The lowest BCUT2D eigenvalue weighted by atomic mass is 10.1. The van der Waals surface area contributed by atoms with E-state index in [2.05, 4.69) is 25.5 Å². The summed E-state index contributed by atoms with van der Waals surface area (Å²) < 4.78 is 0. The third-order valence-electron chi connectivity index (χ3n) is 4.06. The Labute approximate surface area is 143 Å². The quantitative estimate of drug-likeness (QED) is 0.764. The van der Waals surface area contributed by atoms with Crippen molar-refractivity contribution in [2.45, 2.75) is 12.3 Å². The molecule has 120 valence electrons. The van der Waals surface area contributed by atoms with Crippen LogP contribution in [0.15, 0.2) is 48.8 Å². The summed E-state index contributed by atoms with van der Waals surface area (Å²) in [6, 6.07) is 11.2. The van der Waals surface area contributed by atoms with Crippen LogP contribution < -0.4 is 5.32 Å². The molecule has 2 N–H and O–H groups in total. The van der Waals surface area contributed by atoms with Crippen LogP contribution in [0.3, 0.4) is 0 Å². The van der Waals surface area contributed by atoms with Gasteiger partial charge in [-0.2, -0.15) is 4.98 Å². The van der Waals surface area contributed by atoms with Crippen LogP contribution in [0.5, 0.6) is 0 Å². The van der Waals surface area contributed by atoms with Crippen LogP contribution in [0.4, 0.5) is 5.95 Å². The Morgan fingerprint density at radius 2 is 2.21 bits per heavy atom. The number of carbonyl (C=O) groups excluding carboxylic acids is 1. The summed E-state index contributed by atoms with van der Waals surface area (Å²) in [5, 5.41) is 10.2. The van der Waals surface area contributed by atoms with E-state index in [1.807, 2.05) is 30.5 Å². The van der Waals surface area contributed by atoms with Gasteiger partial charge in [0, 0.05) is 28.9 Å². The minimum atomic E-state index is -0.0690. The van der Waals surface area contributed by atoms with Crippen molar-refractivity contribution in [3.63, 3.8) is 0 Å². The molecule has 2 aromatic heterocycles. The van der Waals surface area contributed by atoms with Crippen molar-refractivity contribution in [3.8, 4) is 11.4 Å². The average molecular weight is 340 g/mol. The number of carbonyl (C=O) groups is 1. The van der Waals surface area contributed by atoms with Crippen molar-refractivity contribution in [2.24, 2.45) is 5.92 Å². The molecule has 24 heavy (non-hydrogen) atoms. The number of benzene rings is 1. The molecular weight excluding hydrogens is 326 g/mol. The highest BCUT2D eigenvalue weighted by Crippen LogP contribution is 2.47. The molecular formula is C17H14ClN5O. The molecule has 0 bridgehead atoms. The van der Waals surface area contributed by atoms with Gasteiger partial charge in [0.15, 0.2) is 5.82 Å². The molecule has 3 aromatic rings. The molecule has 0 aliphatic heterocycles. The Balaban J connectivity index is 1.43. The molecule has 4 rings (SSSR count). The normalized spacial score (nSPS) is 19.0. The first-order chi connectivity index (χ1) is 11.7. The van der Waals surface area contributed by atoms with Crippen LogP contribution >= 0.6 is 11.6 Å². The number of H-pyrrole nitrogens is 1. The number of hydrogen-bond donors (Lipinski definition) is 2. The number of anilines is 1. The van der Waals surface area contributed by atoms with E-state index in [1.165, 1.54) is 0 Å². The lowest BCUT2D eigenvalue weighted by Gasteiger charge is -2.00. The highest BCUT2D eigenvalue weighted by molar-refractivity contribution is 6.30. The molecule has 2 heterocycles. The summed E-state index contributed by atoms with van der Waals surface area (Å²) >= 11 is 5.97. The zero-order valence-electron chi connectivity index (χ0n) is 12.6. The number of rotatable bonds is 4. The van der Waals surface area contributed by atoms with Gasteiger partial charge in [-0.05, 0) is 36.1 Å². The Hall–Kier alpha value is -2.73. The minimum Gasteiger partial charge on any atom is -0.293 e. The van der Waals surface area contributed by atoms with Gasteiger partial charge < -0.3 is 0 Å². The maximum Gasteiger partial charge on any atom is 0.249 e. The smallest absolute Gasteiger partial charge is 0.249 e. The Kier molecular flexibility index (Phi) is 3.74. The average Bonchev–Trinajstić information content (AvgIpc) is 3.28. The molecule has 1 fully saturated rings. The van der Waals surface area contributed by atoms with E-state index < -0.39 is 0 Å². The maximum absolute atomic E-state index is 12.3. The van der Waals surface area contributed by atoms with E-state index in [1.54, 1.807) is 18.3 Å². The van der Waals surface area contributed by atoms with E-state index >= 15 is 0 Å². The van der Waals surface area contributed by atoms with E-state index in [0.717, 1.165) is 17.5 Å². The Morgan fingerprint density at radius 1 is 1.29 bits per heavy atom. The van der Waals surface area contributed by atoms with Gasteiger partial charge in [0.2, 0.25) is 11.9 Å². The second-order valence-corrected chi connectivity index (χ2v) is 6.18. The molecule has 1 aliphatic rings. The van der Waals surface area contributed by atoms with Crippen molar-refractivity contribution in [2.75, 3.05) is 5.32 Å². The number of nitrogens with one attached hydrogen (secondary N) is 2. The third kappa shape index (κ3) is 3.00. The second-order valence-electron chi connectivity index (χ2n) is 5.74. The van der Waals surface area contributed by atoms with Crippen LogP contribution in [0.2, 0.25) is 5.02 Å². The predicted molar refractivity (Wildman–Crippen MR) is 90.5 cm³/mol. The fraction of sp³-hybridized carbons (Fsp3) is 0.176. The summed E-state index contributed by atoms with van der Waals surface area (Å²) in [6.07, 6.45) is 4.36. The first-order valence-electron chi connectivity index (χ1n) is 7.60. The van der Waals surface area contributed by atoms with E-state index in [9.17, 15) is 4.79 Å². The first kappa shape index (κ1) is 14.8. The topological polar surface area (TPSA) is 83.6 Å². The molecule has 1 aliphatic carbocycles. The van der Waals surface area contributed by atoms with Gasteiger partial charge in [-0.25, -0.2) is 0 Å². The maximum atomic E-state index is 12.3. The van der Waals surface area contributed by atoms with E-state index in [0.29, 0.717) is 10.8 Å². The number of aromatic amines is 1. The summed E-state index contributed by atoms with van der Waals surface area (Å²) in [7, 11) is 0. The fourth-order valence-corrected chi connectivity index (χ4v) is 2.92. The highest BCUT2D eigenvalue weighted by atomic mass is 35.5. The number of aromatic nitrogens is 4. The Bertz CT molecular complexity index is 879. The molecule has 0 radical (unpaired) electrons. The minimum absolute atomic E-state index is 0.0534. The first-order valence-corrected chi connectivity index (χ1v) is 7.97. The molecule has 6 nitrogen and oxygen atoms in total. The largest absolute Gasteiger partial charge is 0.293 e. The van der Waals surface area contributed by atoms with Gasteiger partial charge in [-0.3, -0.25) is 20.2 Å². The van der Waals surface area contributed by atoms with E-state index in [-0.39, 0.29) is 23.7 Å². The monoisotopic (exact) mass is 339 g/mol. The van der Waals surface area contributed by atoms with Gasteiger partial charge in [-0.15, -0.1) is 5.10 Å². The lowest BCUT2D eigenvalue weighted by Crippen LogP contribution is -2.15. The zero-order valence-corrected chi connectivity index (χ0v) is 13.4.